The molecule has 21 heavy (non-hydrogen) atoms. The van der Waals surface area contributed by atoms with E-state index < -0.39 is 0 Å². The Morgan fingerprint density at radius 3 is 2.90 bits per heavy atom. The van der Waals surface area contributed by atoms with Crippen LogP contribution in [0.4, 0.5) is 0 Å². The predicted molar refractivity (Wildman–Crippen MR) is 75.5 cm³/mol. The van der Waals surface area contributed by atoms with Crippen molar-refractivity contribution in [1.82, 2.24) is 24.6 Å². The molecule has 0 amide bonds. The van der Waals surface area contributed by atoms with Crippen molar-refractivity contribution in [2.24, 2.45) is 5.92 Å². The largest absolute Gasteiger partial charge is 0.338 e. The summed E-state index contributed by atoms with van der Waals surface area (Å²) in [5.41, 5.74) is 0.0201. The fourth-order valence-electron chi connectivity index (χ4n) is 2.84. The van der Waals surface area contributed by atoms with E-state index in [4.69, 9.17) is 4.52 Å². The molecule has 7 heteroatoms. The molecule has 2 aromatic heterocycles. The Balaban J connectivity index is 1.56. The summed E-state index contributed by atoms with van der Waals surface area (Å²) in [6.45, 7) is 4.78. The van der Waals surface area contributed by atoms with Crippen LogP contribution in [0.3, 0.4) is 0 Å². The van der Waals surface area contributed by atoms with E-state index in [0.717, 1.165) is 32.5 Å². The highest BCUT2D eigenvalue weighted by molar-refractivity contribution is 4.89. The summed E-state index contributed by atoms with van der Waals surface area (Å²) in [6.07, 6.45) is 6.70. The molecule has 112 valence electrons. The Labute approximate surface area is 122 Å². The van der Waals surface area contributed by atoms with Gasteiger partial charge in [-0.3, -0.25) is 14.3 Å². The molecule has 1 atom stereocenters. The minimum absolute atomic E-state index is 0.0201. The van der Waals surface area contributed by atoms with Crippen LogP contribution in [-0.4, -0.2) is 37.7 Å². The van der Waals surface area contributed by atoms with E-state index in [1.165, 1.54) is 18.6 Å². The first kappa shape index (κ1) is 13.9. The fourth-order valence-corrected chi connectivity index (χ4v) is 2.84. The van der Waals surface area contributed by atoms with E-state index >= 15 is 0 Å². The first-order valence-corrected chi connectivity index (χ1v) is 7.25. The summed E-state index contributed by atoms with van der Waals surface area (Å²) in [7, 11) is 0. The van der Waals surface area contributed by atoms with E-state index in [1.807, 2.05) is 0 Å². The van der Waals surface area contributed by atoms with Crippen molar-refractivity contribution in [2.75, 3.05) is 13.1 Å². The zero-order valence-electron chi connectivity index (χ0n) is 12.1. The van der Waals surface area contributed by atoms with Gasteiger partial charge in [0.05, 0.1) is 12.4 Å². The first-order chi connectivity index (χ1) is 10.2. The van der Waals surface area contributed by atoms with E-state index in [-0.39, 0.29) is 11.6 Å². The standard InChI is InChI=1S/C14H19N5O2/c1-11(14-16-9-17-21-14)18-6-3-12(4-7-18)8-19-10-15-5-2-13(19)20/h2,5,9-12H,3-4,6-8H2,1H3. The van der Waals surface area contributed by atoms with Gasteiger partial charge in [0.15, 0.2) is 6.33 Å². The van der Waals surface area contributed by atoms with Gasteiger partial charge in [0.2, 0.25) is 5.89 Å². The zero-order chi connectivity index (χ0) is 14.7. The van der Waals surface area contributed by atoms with Crippen LogP contribution in [0.2, 0.25) is 0 Å². The minimum Gasteiger partial charge on any atom is -0.338 e. The van der Waals surface area contributed by atoms with Crippen LogP contribution in [0.5, 0.6) is 0 Å². The number of piperidine rings is 1. The van der Waals surface area contributed by atoms with Gasteiger partial charge in [-0.05, 0) is 38.8 Å². The third kappa shape index (κ3) is 3.18. The second-order valence-electron chi connectivity index (χ2n) is 5.51. The van der Waals surface area contributed by atoms with Gasteiger partial charge in [0.25, 0.3) is 5.56 Å². The van der Waals surface area contributed by atoms with E-state index in [2.05, 4.69) is 26.9 Å². The summed E-state index contributed by atoms with van der Waals surface area (Å²) in [5.74, 6) is 1.18. The van der Waals surface area contributed by atoms with Crippen molar-refractivity contribution in [3.63, 3.8) is 0 Å². The van der Waals surface area contributed by atoms with Crippen LogP contribution < -0.4 is 5.56 Å². The molecule has 3 heterocycles. The smallest absolute Gasteiger partial charge is 0.253 e. The molecule has 1 unspecified atom stereocenters. The van der Waals surface area contributed by atoms with Gasteiger partial charge >= 0.3 is 0 Å². The van der Waals surface area contributed by atoms with Gasteiger partial charge in [-0.1, -0.05) is 5.16 Å². The maximum Gasteiger partial charge on any atom is 0.253 e. The third-order valence-electron chi connectivity index (χ3n) is 4.18. The van der Waals surface area contributed by atoms with Crippen LogP contribution in [0.1, 0.15) is 31.7 Å². The van der Waals surface area contributed by atoms with Crippen LogP contribution in [0.15, 0.2) is 34.2 Å². The van der Waals surface area contributed by atoms with Crippen LogP contribution >= 0.6 is 0 Å². The Morgan fingerprint density at radius 1 is 1.43 bits per heavy atom. The molecule has 0 saturated carbocycles. The number of nitrogens with zero attached hydrogens (tertiary/aromatic N) is 5. The lowest BCUT2D eigenvalue weighted by atomic mass is 9.95. The van der Waals surface area contributed by atoms with E-state index in [9.17, 15) is 4.79 Å². The molecule has 0 aliphatic carbocycles. The predicted octanol–water partition coefficient (Wildman–Crippen LogP) is 1.10. The molecular weight excluding hydrogens is 270 g/mol. The highest BCUT2D eigenvalue weighted by atomic mass is 16.5. The quantitative estimate of drug-likeness (QED) is 0.839. The monoisotopic (exact) mass is 289 g/mol. The Bertz CT molecular complexity index is 616. The molecule has 0 aromatic carbocycles. The maximum absolute atomic E-state index is 11.7. The van der Waals surface area contributed by atoms with Crippen molar-refractivity contribution in [2.45, 2.75) is 32.4 Å². The average molecular weight is 289 g/mol. The third-order valence-corrected chi connectivity index (χ3v) is 4.18. The van der Waals surface area contributed by atoms with Gasteiger partial charge in [-0.15, -0.1) is 0 Å². The SMILES string of the molecule is CC(c1ncno1)N1CCC(Cn2cnccc2=O)CC1. The van der Waals surface area contributed by atoms with Crippen LogP contribution in [0, 0.1) is 5.92 Å². The van der Waals surface area contributed by atoms with Gasteiger partial charge < -0.3 is 4.52 Å². The summed E-state index contributed by atoms with van der Waals surface area (Å²) in [6, 6.07) is 1.65. The lowest BCUT2D eigenvalue weighted by Crippen LogP contribution is -2.37. The molecule has 0 spiro atoms. The molecule has 1 saturated heterocycles. The van der Waals surface area contributed by atoms with Crippen molar-refractivity contribution in [3.05, 3.63) is 41.2 Å². The second kappa shape index (κ2) is 6.17. The molecule has 0 bridgehead atoms. The van der Waals surface area contributed by atoms with Crippen molar-refractivity contribution in [1.29, 1.82) is 0 Å². The average Bonchev–Trinajstić information content (AvgIpc) is 3.04. The molecule has 1 aliphatic rings. The molecule has 1 aliphatic heterocycles. The molecule has 0 N–H and O–H groups in total. The Morgan fingerprint density at radius 2 is 2.24 bits per heavy atom. The highest BCUT2D eigenvalue weighted by Crippen LogP contribution is 2.25. The Kier molecular flexibility index (Phi) is 4.10. The maximum atomic E-state index is 11.7. The summed E-state index contributed by atoms with van der Waals surface area (Å²) in [4.78, 5) is 22.2. The lowest BCUT2D eigenvalue weighted by molar-refractivity contribution is 0.113. The number of rotatable bonds is 4. The van der Waals surface area contributed by atoms with Crippen molar-refractivity contribution >= 4 is 0 Å². The normalized spacial score (nSPS) is 18.7. The summed E-state index contributed by atoms with van der Waals surface area (Å²) in [5, 5.41) is 3.66. The van der Waals surface area contributed by atoms with Gasteiger partial charge in [0, 0.05) is 18.8 Å². The number of likely N-dealkylation sites (tertiary alicyclic amines) is 1. The summed E-state index contributed by atoms with van der Waals surface area (Å²) >= 11 is 0. The molecule has 2 aromatic rings. The molecule has 7 nitrogen and oxygen atoms in total. The second-order valence-corrected chi connectivity index (χ2v) is 5.51. The van der Waals surface area contributed by atoms with Crippen molar-refractivity contribution < 1.29 is 4.52 Å². The number of hydrogen-bond acceptors (Lipinski definition) is 6. The van der Waals surface area contributed by atoms with Gasteiger partial charge in [0.1, 0.15) is 0 Å². The van der Waals surface area contributed by atoms with Gasteiger partial charge in [-0.2, -0.15) is 4.98 Å². The molecule has 1 fully saturated rings. The molecular formula is C14H19N5O2. The van der Waals surface area contributed by atoms with Crippen molar-refractivity contribution in [3.8, 4) is 0 Å². The molecule has 3 rings (SSSR count). The number of aromatic nitrogens is 4. The van der Waals surface area contributed by atoms with Gasteiger partial charge in [-0.25, -0.2) is 4.98 Å². The fraction of sp³-hybridized carbons (Fsp3) is 0.571. The van der Waals surface area contributed by atoms with Crippen LogP contribution in [0.25, 0.3) is 0 Å². The topological polar surface area (TPSA) is 77.1 Å². The molecule has 0 radical (unpaired) electrons. The Hall–Kier alpha value is -2.02. The minimum atomic E-state index is 0.0201. The van der Waals surface area contributed by atoms with Crippen LogP contribution in [-0.2, 0) is 6.54 Å². The summed E-state index contributed by atoms with van der Waals surface area (Å²) < 4.78 is 6.83. The van der Waals surface area contributed by atoms with E-state index in [0.29, 0.717) is 11.8 Å². The highest BCUT2D eigenvalue weighted by Gasteiger charge is 2.26. The lowest BCUT2D eigenvalue weighted by Gasteiger charge is -2.34. The number of hydrogen-bond donors (Lipinski definition) is 0. The zero-order valence-corrected chi connectivity index (χ0v) is 12.1. The first-order valence-electron chi connectivity index (χ1n) is 7.25. The van der Waals surface area contributed by atoms with E-state index in [1.54, 1.807) is 10.9 Å².